The zero-order chi connectivity index (χ0) is 29.6. The molecule has 4 N–H and O–H groups in total. The second kappa shape index (κ2) is 13.9. The normalized spacial score (nSPS) is 19.9. The molecule has 2 heterocycles. The predicted octanol–water partition coefficient (Wildman–Crippen LogP) is 2.47. The van der Waals surface area contributed by atoms with Crippen molar-refractivity contribution < 1.29 is 22.8 Å². The van der Waals surface area contributed by atoms with E-state index in [1.54, 1.807) is 47.4 Å². The molecular formula is C30H39ClN4O5S. The first-order valence-electron chi connectivity index (χ1n) is 14.1. The third kappa shape index (κ3) is 8.38. The van der Waals surface area contributed by atoms with Crippen molar-refractivity contribution in [2.24, 2.45) is 17.4 Å². The van der Waals surface area contributed by atoms with E-state index in [4.69, 9.17) is 23.1 Å². The van der Waals surface area contributed by atoms with Gasteiger partial charge in [-0.05, 0) is 54.5 Å². The van der Waals surface area contributed by atoms with E-state index >= 15 is 0 Å². The van der Waals surface area contributed by atoms with E-state index in [0.717, 1.165) is 11.1 Å². The fourth-order valence-electron chi connectivity index (χ4n) is 5.82. The lowest BCUT2D eigenvalue weighted by Crippen LogP contribution is -2.46. The molecule has 2 amide bonds. The fraction of sp³-hybridized carbons (Fsp3) is 0.500. The molecule has 2 aromatic carbocycles. The molecule has 3 atom stereocenters. The Kier molecular flexibility index (Phi) is 10.6. The molecule has 0 bridgehead atoms. The zero-order valence-electron chi connectivity index (χ0n) is 23.2. The molecule has 0 unspecified atom stereocenters. The molecule has 2 aromatic rings. The van der Waals surface area contributed by atoms with Crippen molar-refractivity contribution in [1.29, 1.82) is 0 Å². The van der Waals surface area contributed by atoms with Crippen LogP contribution < -0.4 is 11.5 Å². The van der Waals surface area contributed by atoms with Gasteiger partial charge in [0.25, 0.3) is 0 Å². The third-order valence-corrected chi connectivity index (χ3v) is 9.89. The summed E-state index contributed by atoms with van der Waals surface area (Å²) in [7, 11) is -3.74. The molecule has 2 fully saturated rings. The number of aryl methyl sites for hydroxylation is 1. The molecule has 4 rings (SSSR count). The molecule has 0 aromatic heterocycles. The van der Waals surface area contributed by atoms with Crippen molar-refractivity contribution in [3.8, 4) is 0 Å². The Hall–Kier alpha value is -2.79. The second-order valence-corrected chi connectivity index (χ2v) is 13.6. The maximum Gasteiger partial charge on any atom is 0.227 e. The summed E-state index contributed by atoms with van der Waals surface area (Å²) in [4.78, 5) is 43.5. The number of rotatable bonds is 12. The van der Waals surface area contributed by atoms with Crippen LogP contribution in [0.15, 0.2) is 48.5 Å². The number of carbonyl (C=O) groups excluding carboxylic acids is 3. The second-order valence-electron chi connectivity index (χ2n) is 11.1. The SMILES string of the molecule is NCc1ccc(Cl)cc1CCC(=O)[C@@H]1CCCN1C(=O)[C@@H](CC(=O)N1CC[C@@H](N)C1)CS(=O)(=O)Cc1ccccc1. The van der Waals surface area contributed by atoms with Crippen LogP contribution in [-0.4, -0.2) is 73.3 Å². The van der Waals surface area contributed by atoms with Gasteiger partial charge in [-0.3, -0.25) is 14.4 Å². The number of hydrogen-bond acceptors (Lipinski definition) is 7. The van der Waals surface area contributed by atoms with Gasteiger partial charge in [-0.1, -0.05) is 48.0 Å². The Morgan fingerprint density at radius 3 is 2.46 bits per heavy atom. The maximum absolute atomic E-state index is 13.9. The Morgan fingerprint density at radius 1 is 1.02 bits per heavy atom. The van der Waals surface area contributed by atoms with Crippen molar-refractivity contribution in [1.82, 2.24) is 9.80 Å². The number of halogens is 1. The summed E-state index contributed by atoms with van der Waals surface area (Å²) in [6, 6.07) is 13.4. The largest absolute Gasteiger partial charge is 0.341 e. The van der Waals surface area contributed by atoms with Crippen LogP contribution >= 0.6 is 11.6 Å². The fourth-order valence-corrected chi connectivity index (χ4v) is 7.70. The number of nitrogens with zero attached hydrogens (tertiary/aromatic N) is 2. The van der Waals surface area contributed by atoms with Crippen molar-refractivity contribution in [2.45, 2.75) is 62.9 Å². The Bertz CT molecular complexity index is 1350. The quantitative estimate of drug-likeness (QED) is 0.380. The summed E-state index contributed by atoms with van der Waals surface area (Å²) >= 11 is 6.15. The molecule has 41 heavy (non-hydrogen) atoms. The molecule has 9 nitrogen and oxygen atoms in total. The van der Waals surface area contributed by atoms with E-state index in [0.29, 0.717) is 62.4 Å². The number of amides is 2. The van der Waals surface area contributed by atoms with Gasteiger partial charge in [-0.15, -0.1) is 0 Å². The summed E-state index contributed by atoms with van der Waals surface area (Å²) in [5, 5.41) is 0.561. The van der Waals surface area contributed by atoms with Crippen molar-refractivity contribution in [2.75, 3.05) is 25.4 Å². The summed E-state index contributed by atoms with van der Waals surface area (Å²) in [6.07, 6.45) is 2.20. The minimum absolute atomic E-state index is 0.0958. The van der Waals surface area contributed by atoms with Gasteiger partial charge in [0.2, 0.25) is 11.8 Å². The molecule has 11 heteroatoms. The number of sulfone groups is 1. The summed E-state index contributed by atoms with van der Waals surface area (Å²) in [5.41, 5.74) is 14.2. The summed E-state index contributed by atoms with van der Waals surface area (Å²) in [5.74, 6) is -2.62. The van der Waals surface area contributed by atoms with Crippen LogP contribution in [-0.2, 0) is 42.9 Å². The van der Waals surface area contributed by atoms with Crippen molar-refractivity contribution >= 4 is 39.0 Å². The van der Waals surface area contributed by atoms with Gasteiger partial charge in [0.1, 0.15) is 0 Å². The van der Waals surface area contributed by atoms with Crippen LogP contribution in [0.5, 0.6) is 0 Å². The molecule has 0 aliphatic carbocycles. The van der Waals surface area contributed by atoms with Crippen molar-refractivity contribution in [3.05, 3.63) is 70.2 Å². The van der Waals surface area contributed by atoms with Crippen LogP contribution in [0.4, 0.5) is 0 Å². The number of Topliss-reactive ketones (excluding diaryl/α,β-unsaturated/α-hetero) is 1. The average molecular weight is 603 g/mol. The molecule has 0 spiro atoms. The molecule has 2 aliphatic rings. The Labute approximate surface area is 247 Å². The first-order valence-corrected chi connectivity index (χ1v) is 16.3. The standard InChI is InChI=1S/C30H39ClN4O5S/c31-25-10-8-23(17-32)22(15-25)9-11-28(36)27-7-4-13-35(27)30(38)24(16-29(37)34-14-12-26(33)18-34)20-41(39,40)19-21-5-2-1-3-6-21/h1-3,5-6,8,10,15,24,26-27H,4,7,9,11-14,16-20,32-33H2/t24-,26+,27-/m0/s1. The van der Waals surface area contributed by atoms with E-state index in [2.05, 4.69) is 0 Å². The number of hydrogen-bond donors (Lipinski definition) is 2. The Balaban J connectivity index is 1.49. The van der Waals surface area contributed by atoms with Crippen molar-refractivity contribution in [3.63, 3.8) is 0 Å². The van der Waals surface area contributed by atoms with Crippen LogP contribution in [0.25, 0.3) is 0 Å². The smallest absolute Gasteiger partial charge is 0.227 e. The van der Waals surface area contributed by atoms with Crippen LogP contribution in [0.2, 0.25) is 5.02 Å². The van der Waals surface area contributed by atoms with Gasteiger partial charge in [0.15, 0.2) is 15.6 Å². The van der Waals surface area contributed by atoms with E-state index < -0.39 is 33.5 Å². The number of nitrogens with two attached hydrogens (primary N) is 2. The monoisotopic (exact) mass is 602 g/mol. The lowest BCUT2D eigenvalue weighted by molar-refractivity contribution is -0.143. The predicted molar refractivity (Wildman–Crippen MR) is 159 cm³/mol. The van der Waals surface area contributed by atoms with Gasteiger partial charge in [0, 0.05) is 50.1 Å². The highest BCUT2D eigenvalue weighted by molar-refractivity contribution is 7.90. The molecular weight excluding hydrogens is 564 g/mol. The highest BCUT2D eigenvalue weighted by Crippen LogP contribution is 2.26. The summed E-state index contributed by atoms with van der Waals surface area (Å²) in [6.45, 7) is 1.54. The molecule has 2 saturated heterocycles. The number of ketones is 1. The number of likely N-dealkylation sites (tertiary alicyclic amines) is 2. The van der Waals surface area contributed by atoms with Crippen LogP contribution in [0.1, 0.15) is 48.8 Å². The average Bonchev–Trinajstić information content (AvgIpc) is 3.61. The highest BCUT2D eigenvalue weighted by atomic mass is 35.5. The molecule has 0 radical (unpaired) electrons. The lowest BCUT2D eigenvalue weighted by atomic mass is 9.97. The number of carbonyl (C=O) groups is 3. The number of benzene rings is 2. The molecule has 2 aliphatic heterocycles. The van der Waals surface area contributed by atoms with Crippen LogP contribution in [0.3, 0.4) is 0 Å². The van der Waals surface area contributed by atoms with E-state index in [9.17, 15) is 22.8 Å². The van der Waals surface area contributed by atoms with Gasteiger partial charge >= 0.3 is 0 Å². The molecule has 0 saturated carbocycles. The van der Waals surface area contributed by atoms with Gasteiger partial charge < -0.3 is 21.3 Å². The van der Waals surface area contributed by atoms with Crippen LogP contribution in [0, 0.1) is 5.92 Å². The minimum Gasteiger partial charge on any atom is -0.341 e. The lowest BCUT2D eigenvalue weighted by Gasteiger charge is -2.29. The summed E-state index contributed by atoms with van der Waals surface area (Å²) < 4.78 is 26.5. The Morgan fingerprint density at radius 2 is 1.78 bits per heavy atom. The van der Waals surface area contributed by atoms with E-state index in [-0.39, 0.29) is 36.3 Å². The maximum atomic E-state index is 13.9. The van der Waals surface area contributed by atoms with E-state index in [1.165, 1.54) is 4.90 Å². The highest BCUT2D eigenvalue weighted by Gasteiger charge is 2.40. The van der Waals surface area contributed by atoms with Gasteiger partial charge in [0.05, 0.1) is 23.5 Å². The third-order valence-electron chi connectivity index (χ3n) is 7.97. The van der Waals surface area contributed by atoms with Gasteiger partial charge in [-0.2, -0.15) is 0 Å². The molecule has 222 valence electrons. The minimum atomic E-state index is -3.74. The topological polar surface area (TPSA) is 144 Å². The van der Waals surface area contributed by atoms with Gasteiger partial charge in [-0.25, -0.2) is 8.42 Å². The zero-order valence-corrected chi connectivity index (χ0v) is 24.8. The van der Waals surface area contributed by atoms with E-state index in [1.807, 2.05) is 6.07 Å². The first kappa shape index (κ1) is 31.2. The first-order chi connectivity index (χ1) is 19.6.